The zero-order valence-electron chi connectivity index (χ0n) is 12.1. The predicted octanol–water partition coefficient (Wildman–Crippen LogP) is 3.45. The highest BCUT2D eigenvalue weighted by Crippen LogP contribution is 2.29. The molecule has 0 amide bonds. The van der Waals surface area contributed by atoms with Gasteiger partial charge in [0.05, 0.1) is 12.1 Å². The number of nitrogens with zero attached hydrogens (tertiary/aromatic N) is 2. The van der Waals surface area contributed by atoms with Crippen LogP contribution < -0.4 is 5.32 Å². The fourth-order valence-corrected chi connectivity index (χ4v) is 2.36. The molecular formula is C16H18F3N3. The van der Waals surface area contributed by atoms with Gasteiger partial charge in [-0.3, -0.25) is 0 Å². The van der Waals surface area contributed by atoms with Gasteiger partial charge in [-0.15, -0.1) is 0 Å². The summed E-state index contributed by atoms with van der Waals surface area (Å²) in [5, 5.41) is 3.37. The van der Waals surface area contributed by atoms with Crippen LogP contribution in [0, 0.1) is 5.92 Å². The Kier molecular flexibility index (Phi) is 4.20. The number of imidazole rings is 1. The number of benzene rings is 1. The van der Waals surface area contributed by atoms with Crippen LogP contribution in [0.25, 0.3) is 0 Å². The minimum atomic E-state index is -4.29. The van der Waals surface area contributed by atoms with Crippen molar-refractivity contribution in [2.45, 2.75) is 32.1 Å². The lowest BCUT2D eigenvalue weighted by Gasteiger charge is -2.10. The van der Waals surface area contributed by atoms with Crippen molar-refractivity contribution in [2.75, 3.05) is 6.54 Å². The second-order valence-electron chi connectivity index (χ2n) is 5.74. The molecule has 0 bridgehead atoms. The molecular weight excluding hydrogens is 291 g/mol. The molecule has 2 aromatic rings. The number of hydrogen-bond donors (Lipinski definition) is 1. The van der Waals surface area contributed by atoms with Crippen molar-refractivity contribution in [3.63, 3.8) is 0 Å². The third-order valence-electron chi connectivity index (χ3n) is 3.85. The van der Waals surface area contributed by atoms with E-state index >= 15 is 0 Å². The van der Waals surface area contributed by atoms with Crippen LogP contribution in [0.4, 0.5) is 13.2 Å². The third-order valence-corrected chi connectivity index (χ3v) is 3.85. The van der Waals surface area contributed by atoms with Gasteiger partial charge in [-0.2, -0.15) is 13.2 Å². The van der Waals surface area contributed by atoms with Crippen molar-refractivity contribution in [2.24, 2.45) is 5.92 Å². The minimum Gasteiger partial charge on any atom is -0.329 e. The van der Waals surface area contributed by atoms with E-state index < -0.39 is 11.7 Å². The second kappa shape index (κ2) is 6.12. The molecule has 0 radical (unpaired) electrons. The van der Waals surface area contributed by atoms with E-state index in [2.05, 4.69) is 10.3 Å². The Balaban J connectivity index is 1.61. The predicted molar refractivity (Wildman–Crippen MR) is 77.2 cm³/mol. The maximum atomic E-state index is 12.5. The van der Waals surface area contributed by atoms with Crippen molar-refractivity contribution in [3.05, 3.63) is 53.6 Å². The molecule has 22 heavy (non-hydrogen) atoms. The van der Waals surface area contributed by atoms with Crippen LogP contribution in [0.1, 0.15) is 29.8 Å². The highest BCUT2D eigenvalue weighted by molar-refractivity contribution is 5.25. The van der Waals surface area contributed by atoms with E-state index in [4.69, 9.17) is 0 Å². The summed E-state index contributed by atoms with van der Waals surface area (Å²) in [6.07, 6.45) is 1.88. The first kappa shape index (κ1) is 15.1. The van der Waals surface area contributed by atoms with Gasteiger partial charge in [-0.1, -0.05) is 12.1 Å². The molecule has 1 N–H and O–H groups in total. The summed E-state index contributed by atoms with van der Waals surface area (Å²) in [6.45, 7) is 2.22. The summed E-state index contributed by atoms with van der Waals surface area (Å²) in [6, 6.07) is 5.28. The van der Waals surface area contributed by atoms with Crippen LogP contribution in [0.2, 0.25) is 0 Å². The molecule has 0 aliphatic heterocycles. The first-order chi connectivity index (χ1) is 10.5. The minimum absolute atomic E-state index is 0.526. The molecule has 1 fully saturated rings. The number of halogens is 3. The smallest absolute Gasteiger partial charge is 0.329 e. The van der Waals surface area contributed by atoms with Gasteiger partial charge in [0.1, 0.15) is 5.82 Å². The van der Waals surface area contributed by atoms with Gasteiger partial charge in [0, 0.05) is 18.9 Å². The first-order valence-electron chi connectivity index (χ1n) is 7.39. The van der Waals surface area contributed by atoms with Crippen molar-refractivity contribution in [1.82, 2.24) is 14.9 Å². The molecule has 3 nitrogen and oxygen atoms in total. The average Bonchev–Trinajstić information content (AvgIpc) is 3.19. The number of rotatable bonds is 6. The normalized spacial score (nSPS) is 15.2. The molecule has 1 heterocycles. The van der Waals surface area contributed by atoms with Crippen molar-refractivity contribution in [3.8, 4) is 0 Å². The molecule has 118 valence electrons. The second-order valence-corrected chi connectivity index (χ2v) is 5.74. The van der Waals surface area contributed by atoms with Crippen molar-refractivity contribution < 1.29 is 13.2 Å². The largest absolute Gasteiger partial charge is 0.416 e. The lowest BCUT2D eigenvalue weighted by molar-refractivity contribution is -0.137. The van der Waals surface area contributed by atoms with Crippen LogP contribution >= 0.6 is 0 Å². The maximum absolute atomic E-state index is 12.5. The Morgan fingerprint density at radius 2 is 1.91 bits per heavy atom. The number of nitrogens with one attached hydrogen (secondary N) is 1. The van der Waals surface area contributed by atoms with Crippen LogP contribution in [-0.4, -0.2) is 16.1 Å². The summed E-state index contributed by atoms with van der Waals surface area (Å²) in [7, 11) is 0. The quantitative estimate of drug-likeness (QED) is 0.886. The molecule has 0 spiro atoms. The van der Waals surface area contributed by atoms with Gasteiger partial charge in [0.2, 0.25) is 0 Å². The van der Waals surface area contributed by atoms with E-state index in [1.54, 1.807) is 6.20 Å². The number of aromatic nitrogens is 2. The highest BCUT2D eigenvalue weighted by atomic mass is 19.4. The molecule has 6 heteroatoms. The Hall–Kier alpha value is -1.82. The number of alkyl halides is 3. The van der Waals surface area contributed by atoms with E-state index in [9.17, 15) is 13.2 Å². The Bertz CT molecular complexity index is 612. The van der Waals surface area contributed by atoms with E-state index in [1.807, 2.05) is 10.8 Å². The summed E-state index contributed by atoms with van der Waals surface area (Å²) in [5.41, 5.74) is 0.211. The van der Waals surface area contributed by atoms with Crippen LogP contribution in [0.15, 0.2) is 36.7 Å². The molecule has 0 atom stereocenters. The lowest BCUT2D eigenvalue weighted by Crippen LogP contribution is -2.19. The zero-order valence-corrected chi connectivity index (χ0v) is 12.1. The molecule has 0 unspecified atom stereocenters. The van der Waals surface area contributed by atoms with E-state index in [-0.39, 0.29) is 0 Å². The Morgan fingerprint density at radius 1 is 1.18 bits per heavy atom. The average molecular weight is 309 g/mol. The van der Waals surface area contributed by atoms with Crippen LogP contribution in [-0.2, 0) is 19.3 Å². The Morgan fingerprint density at radius 3 is 2.55 bits per heavy atom. The zero-order chi connectivity index (χ0) is 15.6. The molecule has 1 saturated carbocycles. The first-order valence-corrected chi connectivity index (χ1v) is 7.39. The highest BCUT2D eigenvalue weighted by Gasteiger charge is 2.29. The Labute approximate surface area is 127 Å². The molecule has 1 aliphatic rings. The van der Waals surface area contributed by atoms with E-state index in [0.29, 0.717) is 13.1 Å². The van der Waals surface area contributed by atoms with Crippen molar-refractivity contribution >= 4 is 0 Å². The van der Waals surface area contributed by atoms with Gasteiger partial charge in [-0.25, -0.2) is 4.98 Å². The van der Waals surface area contributed by atoms with E-state index in [1.165, 1.54) is 25.0 Å². The van der Waals surface area contributed by atoms with Crippen LogP contribution in [0.3, 0.4) is 0 Å². The molecule has 1 aromatic heterocycles. The van der Waals surface area contributed by atoms with Gasteiger partial charge in [0.25, 0.3) is 0 Å². The van der Waals surface area contributed by atoms with Gasteiger partial charge < -0.3 is 9.88 Å². The lowest BCUT2D eigenvalue weighted by atomic mass is 10.1. The topological polar surface area (TPSA) is 29.9 Å². The maximum Gasteiger partial charge on any atom is 0.416 e. The molecule has 0 saturated heterocycles. The monoisotopic (exact) mass is 309 g/mol. The molecule has 1 aromatic carbocycles. The molecule has 3 rings (SSSR count). The van der Waals surface area contributed by atoms with Crippen molar-refractivity contribution in [1.29, 1.82) is 0 Å². The van der Waals surface area contributed by atoms with Crippen LogP contribution in [0.5, 0.6) is 0 Å². The fraction of sp³-hybridized carbons (Fsp3) is 0.438. The molecule has 1 aliphatic carbocycles. The third kappa shape index (κ3) is 3.88. The summed E-state index contributed by atoms with van der Waals surface area (Å²) >= 11 is 0. The SMILES string of the molecule is FC(F)(F)c1ccc(Cn2ccnc2CNCC2CC2)cc1. The standard InChI is InChI=1S/C16H18F3N3/c17-16(18,19)14-5-3-13(4-6-14)11-22-8-7-21-15(22)10-20-9-12-1-2-12/h3-8,12,20H,1-2,9-11H2. The fourth-order valence-electron chi connectivity index (χ4n) is 2.36. The number of hydrogen-bond acceptors (Lipinski definition) is 2. The van der Waals surface area contributed by atoms with Gasteiger partial charge in [0.15, 0.2) is 0 Å². The van der Waals surface area contributed by atoms with Gasteiger partial charge in [-0.05, 0) is 43.0 Å². The summed E-state index contributed by atoms with van der Waals surface area (Å²) < 4.78 is 39.6. The summed E-state index contributed by atoms with van der Waals surface area (Å²) in [4.78, 5) is 4.31. The summed E-state index contributed by atoms with van der Waals surface area (Å²) in [5.74, 6) is 1.71. The van der Waals surface area contributed by atoms with E-state index in [0.717, 1.165) is 36.0 Å². The van der Waals surface area contributed by atoms with Gasteiger partial charge >= 0.3 is 6.18 Å².